The maximum atomic E-state index is 13.7. The van der Waals surface area contributed by atoms with E-state index in [-0.39, 0.29) is 24.2 Å². The molecule has 0 spiro atoms. The molecule has 1 aliphatic heterocycles. The lowest BCUT2D eigenvalue weighted by atomic mass is 9.96. The molecular formula is C22H29FN4O2. The topological polar surface area (TPSA) is 68.4 Å². The molecular weight excluding hydrogens is 371 g/mol. The van der Waals surface area contributed by atoms with Crippen molar-refractivity contribution in [1.29, 1.82) is 0 Å². The van der Waals surface area contributed by atoms with Crippen molar-refractivity contribution in [3.8, 4) is 0 Å². The van der Waals surface area contributed by atoms with E-state index in [4.69, 9.17) is 0 Å². The van der Waals surface area contributed by atoms with Gasteiger partial charge in [-0.3, -0.25) is 4.79 Å². The molecule has 2 aliphatic rings. The predicted molar refractivity (Wildman–Crippen MR) is 110 cm³/mol. The van der Waals surface area contributed by atoms with Gasteiger partial charge in [0.1, 0.15) is 5.82 Å². The summed E-state index contributed by atoms with van der Waals surface area (Å²) in [6.45, 7) is 4.07. The number of nitrogens with one attached hydrogen (secondary N) is 2. The van der Waals surface area contributed by atoms with Gasteiger partial charge in [0.15, 0.2) is 0 Å². The van der Waals surface area contributed by atoms with E-state index in [1.54, 1.807) is 6.07 Å². The lowest BCUT2D eigenvalue weighted by molar-refractivity contribution is -0.131. The van der Waals surface area contributed by atoms with E-state index in [0.29, 0.717) is 32.2 Å². The van der Waals surface area contributed by atoms with Crippen LogP contribution in [0.4, 0.5) is 9.18 Å². The average molecular weight is 400 g/mol. The Bertz CT molecular complexity index is 896. The molecule has 2 N–H and O–H groups in total. The summed E-state index contributed by atoms with van der Waals surface area (Å²) in [5.74, 6) is -0.284. The first kappa shape index (κ1) is 19.7. The SMILES string of the molecule is Cc1[nH]c2ccc(F)cc2c1CC(=O)N1CCN(C(=O)NC2CCCCC2)CC1. The van der Waals surface area contributed by atoms with Crippen LogP contribution >= 0.6 is 0 Å². The molecule has 3 amide bonds. The first-order valence-corrected chi connectivity index (χ1v) is 10.6. The largest absolute Gasteiger partial charge is 0.358 e. The van der Waals surface area contributed by atoms with Crippen molar-refractivity contribution >= 4 is 22.8 Å². The molecule has 7 heteroatoms. The number of hydrogen-bond acceptors (Lipinski definition) is 2. The summed E-state index contributed by atoms with van der Waals surface area (Å²) in [5.41, 5.74) is 2.59. The van der Waals surface area contributed by atoms with Crippen molar-refractivity contribution in [3.05, 3.63) is 35.3 Å². The van der Waals surface area contributed by atoms with Crippen molar-refractivity contribution < 1.29 is 14.0 Å². The number of hydrogen-bond donors (Lipinski definition) is 2. The van der Waals surface area contributed by atoms with Gasteiger partial charge in [-0.15, -0.1) is 0 Å². The number of H-pyrrole nitrogens is 1. The van der Waals surface area contributed by atoms with Gasteiger partial charge in [0.2, 0.25) is 5.91 Å². The quantitative estimate of drug-likeness (QED) is 0.830. The molecule has 29 heavy (non-hydrogen) atoms. The maximum Gasteiger partial charge on any atom is 0.317 e. The summed E-state index contributed by atoms with van der Waals surface area (Å²) in [7, 11) is 0. The second kappa shape index (κ2) is 8.43. The highest BCUT2D eigenvalue weighted by Crippen LogP contribution is 2.24. The van der Waals surface area contributed by atoms with Crippen LogP contribution in [0.1, 0.15) is 43.4 Å². The third-order valence-corrected chi connectivity index (χ3v) is 6.26. The third kappa shape index (κ3) is 4.38. The number of amides is 3. The standard InChI is InChI=1S/C22H29FN4O2/c1-15-18(19-13-16(23)7-8-20(19)24-15)14-21(28)26-9-11-27(12-10-26)22(29)25-17-5-3-2-4-6-17/h7-8,13,17,24H,2-6,9-12,14H2,1H3,(H,25,29). The molecule has 1 aromatic heterocycles. The van der Waals surface area contributed by atoms with Crippen LogP contribution in [0.5, 0.6) is 0 Å². The lowest BCUT2D eigenvalue weighted by Gasteiger charge is -2.36. The number of rotatable bonds is 3. The van der Waals surface area contributed by atoms with Crippen LogP contribution in [0.25, 0.3) is 10.9 Å². The zero-order valence-electron chi connectivity index (χ0n) is 17.0. The Hall–Kier alpha value is -2.57. The molecule has 0 radical (unpaired) electrons. The summed E-state index contributed by atoms with van der Waals surface area (Å²) in [6, 6.07) is 4.89. The van der Waals surface area contributed by atoms with E-state index in [2.05, 4.69) is 10.3 Å². The minimum absolute atomic E-state index is 0.00746. The number of carbonyl (C=O) groups is 2. The maximum absolute atomic E-state index is 13.7. The molecule has 4 rings (SSSR count). The van der Waals surface area contributed by atoms with E-state index in [1.165, 1.54) is 31.4 Å². The van der Waals surface area contributed by atoms with Crippen LogP contribution in [0.3, 0.4) is 0 Å². The van der Waals surface area contributed by atoms with Gasteiger partial charge in [0.25, 0.3) is 0 Å². The second-order valence-electron chi connectivity index (χ2n) is 8.25. The Labute approximate surface area is 170 Å². The van der Waals surface area contributed by atoms with Crippen LogP contribution < -0.4 is 5.32 Å². The highest BCUT2D eigenvalue weighted by atomic mass is 19.1. The molecule has 1 aromatic carbocycles. The highest BCUT2D eigenvalue weighted by Gasteiger charge is 2.26. The van der Waals surface area contributed by atoms with Crippen LogP contribution in [0.15, 0.2) is 18.2 Å². The Morgan fingerprint density at radius 2 is 1.79 bits per heavy atom. The summed E-state index contributed by atoms with van der Waals surface area (Å²) in [6.07, 6.45) is 6.00. The minimum atomic E-state index is -0.303. The van der Waals surface area contributed by atoms with Gasteiger partial charge in [-0.05, 0) is 43.5 Å². The number of nitrogens with zero attached hydrogens (tertiary/aromatic N) is 2. The highest BCUT2D eigenvalue weighted by molar-refractivity contribution is 5.90. The van der Waals surface area contributed by atoms with Crippen LogP contribution in [0, 0.1) is 12.7 Å². The molecule has 1 saturated carbocycles. The zero-order chi connectivity index (χ0) is 20.4. The summed E-state index contributed by atoms with van der Waals surface area (Å²) >= 11 is 0. The zero-order valence-corrected chi connectivity index (χ0v) is 17.0. The smallest absolute Gasteiger partial charge is 0.317 e. The molecule has 2 fully saturated rings. The number of fused-ring (bicyclic) bond motifs is 1. The molecule has 2 aromatic rings. The fraction of sp³-hybridized carbons (Fsp3) is 0.545. The molecule has 1 aliphatic carbocycles. The first-order chi connectivity index (χ1) is 14.0. The number of piperazine rings is 1. The Kier molecular flexibility index (Phi) is 5.74. The molecule has 2 heterocycles. The van der Waals surface area contributed by atoms with Crippen molar-refractivity contribution in [1.82, 2.24) is 20.1 Å². The Morgan fingerprint density at radius 3 is 2.52 bits per heavy atom. The molecule has 6 nitrogen and oxygen atoms in total. The molecule has 1 saturated heterocycles. The number of aryl methyl sites for hydroxylation is 1. The van der Waals surface area contributed by atoms with E-state index < -0.39 is 0 Å². The molecule has 156 valence electrons. The number of aromatic amines is 1. The molecule has 0 unspecified atom stereocenters. The van der Waals surface area contributed by atoms with Gasteiger partial charge >= 0.3 is 6.03 Å². The van der Waals surface area contributed by atoms with E-state index in [1.807, 2.05) is 16.7 Å². The lowest BCUT2D eigenvalue weighted by Crippen LogP contribution is -2.55. The number of halogens is 1. The van der Waals surface area contributed by atoms with Gasteiger partial charge in [0, 0.05) is 48.8 Å². The summed E-state index contributed by atoms with van der Waals surface area (Å²) in [4.78, 5) is 32.2. The van der Waals surface area contributed by atoms with Crippen LogP contribution in [-0.4, -0.2) is 58.9 Å². The minimum Gasteiger partial charge on any atom is -0.358 e. The number of benzene rings is 1. The Balaban J connectivity index is 1.33. The van der Waals surface area contributed by atoms with E-state index in [9.17, 15) is 14.0 Å². The van der Waals surface area contributed by atoms with Gasteiger partial charge < -0.3 is 20.1 Å². The number of urea groups is 1. The van der Waals surface area contributed by atoms with E-state index >= 15 is 0 Å². The number of carbonyl (C=O) groups excluding carboxylic acids is 2. The fourth-order valence-corrected chi connectivity index (χ4v) is 4.52. The third-order valence-electron chi connectivity index (χ3n) is 6.26. The molecule has 0 bridgehead atoms. The van der Waals surface area contributed by atoms with Crippen LogP contribution in [0.2, 0.25) is 0 Å². The van der Waals surface area contributed by atoms with Crippen molar-refractivity contribution in [2.24, 2.45) is 0 Å². The summed E-state index contributed by atoms with van der Waals surface area (Å²) < 4.78 is 13.7. The monoisotopic (exact) mass is 400 g/mol. The first-order valence-electron chi connectivity index (χ1n) is 10.6. The van der Waals surface area contributed by atoms with Crippen molar-refractivity contribution in [2.45, 2.75) is 51.5 Å². The predicted octanol–water partition coefficient (Wildman–Crippen LogP) is 3.34. The normalized spacial score (nSPS) is 18.3. The average Bonchev–Trinajstić information content (AvgIpc) is 3.03. The fourth-order valence-electron chi connectivity index (χ4n) is 4.52. The second-order valence-corrected chi connectivity index (χ2v) is 8.25. The number of aromatic nitrogens is 1. The van der Waals surface area contributed by atoms with Gasteiger partial charge in [-0.25, -0.2) is 9.18 Å². The van der Waals surface area contributed by atoms with Gasteiger partial charge in [0.05, 0.1) is 6.42 Å². The summed E-state index contributed by atoms with van der Waals surface area (Å²) in [5, 5.41) is 3.91. The van der Waals surface area contributed by atoms with Gasteiger partial charge in [-0.1, -0.05) is 19.3 Å². The van der Waals surface area contributed by atoms with Crippen molar-refractivity contribution in [2.75, 3.05) is 26.2 Å². The Morgan fingerprint density at radius 1 is 1.10 bits per heavy atom. The van der Waals surface area contributed by atoms with E-state index in [0.717, 1.165) is 35.0 Å². The molecule has 0 atom stereocenters. The van der Waals surface area contributed by atoms with Crippen molar-refractivity contribution in [3.63, 3.8) is 0 Å². The van der Waals surface area contributed by atoms with Crippen LogP contribution in [-0.2, 0) is 11.2 Å². The van der Waals surface area contributed by atoms with Gasteiger partial charge in [-0.2, -0.15) is 0 Å².